The highest BCUT2D eigenvalue weighted by atomic mass is 35.5. The summed E-state index contributed by atoms with van der Waals surface area (Å²) in [7, 11) is 0. The first kappa shape index (κ1) is 17.1. The predicted molar refractivity (Wildman–Crippen MR) is 89.3 cm³/mol. The van der Waals surface area contributed by atoms with Crippen LogP contribution in [-0.4, -0.2) is 27.5 Å². The van der Waals surface area contributed by atoms with Crippen molar-refractivity contribution in [3.63, 3.8) is 0 Å². The van der Waals surface area contributed by atoms with Crippen LogP contribution in [0.1, 0.15) is 48.3 Å². The van der Waals surface area contributed by atoms with Crippen LogP contribution in [0.25, 0.3) is 0 Å². The van der Waals surface area contributed by atoms with E-state index in [0.29, 0.717) is 5.82 Å². The van der Waals surface area contributed by atoms with Gasteiger partial charge in [0.05, 0.1) is 18.0 Å². The van der Waals surface area contributed by atoms with Crippen LogP contribution in [0, 0.1) is 6.92 Å². The highest BCUT2D eigenvalue weighted by molar-refractivity contribution is 6.28. The Morgan fingerprint density at radius 3 is 2.78 bits per heavy atom. The minimum atomic E-state index is -0.501. The number of halogens is 1. The normalized spacial score (nSPS) is 10.7. The van der Waals surface area contributed by atoms with E-state index in [-0.39, 0.29) is 23.4 Å². The molecule has 0 amide bonds. The number of esters is 1. The minimum Gasteiger partial charge on any atom is -0.462 e. The summed E-state index contributed by atoms with van der Waals surface area (Å²) >= 11 is 5.88. The van der Waals surface area contributed by atoms with Crippen molar-refractivity contribution in [2.75, 3.05) is 11.9 Å². The molecule has 2 aromatic heterocycles. The Kier molecular flexibility index (Phi) is 5.50. The SMILES string of the molecule is CCOC(=O)c1cnc(Cl)nc1Nc1c(C)ccnc1C(C)C. The smallest absolute Gasteiger partial charge is 0.343 e. The van der Waals surface area contributed by atoms with Crippen LogP contribution in [0.5, 0.6) is 0 Å². The predicted octanol–water partition coefficient (Wildman–Crippen LogP) is 3.88. The van der Waals surface area contributed by atoms with Gasteiger partial charge in [-0.1, -0.05) is 13.8 Å². The number of hydrogen-bond acceptors (Lipinski definition) is 6. The zero-order chi connectivity index (χ0) is 17.0. The van der Waals surface area contributed by atoms with E-state index in [2.05, 4.69) is 20.3 Å². The summed E-state index contributed by atoms with van der Waals surface area (Å²) in [6, 6.07) is 1.89. The van der Waals surface area contributed by atoms with Gasteiger partial charge < -0.3 is 10.1 Å². The first-order valence-corrected chi connectivity index (χ1v) is 7.74. The fourth-order valence-corrected chi connectivity index (χ4v) is 2.25. The lowest BCUT2D eigenvalue weighted by atomic mass is 10.0. The van der Waals surface area contributed by atoms with Gasteiger partial charge in [0.1, 0.15) is 11.4 Å². The summed E-state index contributed by atoms with van der Waals surface area (Å²) in [5.41, 5.74) is 2.92. The molecule has 2 aromatic rings. The summed E-state index contributed by atoms with van der Waals surface area (Å²) < 4.78 is 5.04. The monoisotopic (exact) mass is 334 g/mol. The van der Waals surface area contributed by atoms with Gasteiger partial charge in [-0.25, -0.2) is 9.78 Å². The standard InChI is InChI=1S/C16H19ClN4O2/c1-5-23-15(22)11-8-19-16(17)21-14(11)20-13-10(4)6-7-18-12(13)9(2)3/h6-9H,5H2,1-4H3,(H,19,20,21). The molecule has 0 fully saturated rings. The van der Waals surface area contributed by atoms with Crippen molar-refractivity contribution in [1.82, 2.24) is 15.0 Å². The molecule has 6 nitrogen and oxygen atoms in total. The van der Waals surface area contributed by atoms with Crippen LogP contribution in [-0.2, 0) is 4.74 Å². The Morgan fingerprint density at radius 2 is 2.13 bits per heavy atom. The van der Waals surface area contributed by atoms with Crippen molar-refractivity contribution in [2.24, 2.45) is 0 Å². The molecule has 122 valence electrons. The molecule has 0 atom stereocenters. The summed E-state index contributed by atoms with van der Waals surface area (Å²) in [6.45, 7) is 8.06. The second kappa shape index (κ2) is 7.37. The lowest BCUT2D eigenvalue weighted by Crippen LogP contribution is -2.12. The summed E-state index contributed by atoms with van der Waals surface area (Å²) in [6.07, 6.45) is 3.12. The zero-order valence-electron chi connectivity index (χ0n) is 13.6. The number of nitrogens with one attached hydrogen (secondary N) is 1. The maximum atomic E-state index is 12.1. The maximum Gasteiger partial charge on any atom is 0.343 e. The molecule has 0 saturated heterocycles. The molecule has 0 spiro atoms. The number of aryl methyl sites for hydroxylation is 1. The molecule has 1 N–H and O–H groups in total. The molecular formula is C16H19ClN4O2. The van der Waals surface area contributed by atoms with E-state index in [1.807, 2.05) is 26.8 Å². The van der Waals surface area contributed by atoms with Crippen molar-refractivity contribution in [3.8, 4) is 0 Å². The third-order valence-electron chi connectivity index (χ3n) is 3.23. The van der Waals surface area contributed by atoms with E-state index in [0.717, 1.165) is 16.9 Å². The first-order chi connectivity index (χ1) is 10.9. The van der Waals surface area contributed by atoms with Gasteiger partial charge in [-0.05, 0) is 43.0 Å². The molecule has 0 aliphatic carbocycles. The molecule has 0 aliphatic rings. The number of nitrogens with zero attached hydrogens (tertiary/aromatic N) is 3. The van der Waals surface area contributed by atoms with Crippen molar-refractivity contribution in [2.45, 2.75) is 33.6 Å². The fourth-order valence-electron chi connectivity index (χ4n) is 2.11. The molecule has 0 unspecified atom stereocenters. The van der Waals surface area contributed by atoms with Crippen molar-refractivity contribution >= 4 is 29.1 Å². The number of ether oxygens (including phenoxy) is 1. The number of rotatable bonds is 5. The molecule has 7 heteroatoms. The van der Waals surface area contributed by atoms with Crippen molar-refractivity contribution < 1.29 is 9.53 Å². The Bertz CT molecular complexity index is 719. The van der Waals surface area contributed by atoms with Gasteiger partial charge in [-0.2, -0.15) is 4.98 Å². The van der Waals surface area contributed by atoms with E-state index in [9.17, 15) is 4.79 Å². The Balaban J connectivity index is 2.48. The van der Waals surface area contributed by atoms with Gasteiger partial charge in [0, 0.05) is 12.4 Å². The van der Waals surface area contributed by atoms with E-state index in [1.165, 1.54) is 6.20 Å². The van der Waals surface area contributed by atoms with E-state index in [4.69, 9.17) is 16.3 Å². The van der Waals surface area contributed by atoms with Crippen molar-refractivity contribution in [1.29, 1.82) is 0 Å². The number of hydrogen-bond donors (Lipinski definition) is 1. The highest BCUT2D eigenvalue weighted by Gasteiger charge is 2.18. The largest absolute Gasteiger partial charge is 0.462 e. The van der Waals surface area contributed by atoms with Gasteiger partial charge >= 0.3 is 5.97 Å². The molecular weight excluding hydrogens is 316 g/mol. The number of aromatic nitrogens is 3. The molecule has 0 aliphatic heterocycles. The zero-order valence-corrected chi connectivity index (χ0v) is 14.3. The van der Waals surface area contributed by atoms with Gasteiger partial charge in [0.25, 0.3) is 0 Å². The third kappa shape index (κ3) is 3.96. The van der Waals surface area contributed by atoms with E-state index in [1.54, 1.807) is 13.1 Å². The van der Waals surface area contributed by atoms with Crippen LogP contribution in [0.15, 0.2) is 18.5 Å². The second-order valence-electron chi connectivity index (χ2n) is 5.29. The lowest BCUT2D eigenvalue weighted by Gasteiger charge is -2.17. The Morgan fingerprint density at radius 1 is 1.39 bits per heavy atom. The lowest BCUT2D eigenvalue weighted by molar-refractivity contribution is 0.0526. The number of carbonyl (C=O) groups excluding carboxylic acids is 1. The van der Waals surface area contributed by atoms with Crippen LogP contribution < -0.4 is 5.32 Å². The third-order valence-corrected chi connectivity index (χ3v) is 3.42. The summed E-state index contributed by atoms with van der Waals surface area (Å²) in [5, 5.41) is 3.22. The maximum absolute atomic E-state index is 12.1. The molecule has 2 heterocycles. The molecule has 0 saturated carbocycles. The molecule has 0 radical (unpaired) electrons. The second-order valence-corrected chi connectivity index (χ2v) is 5.63. The average Bonchev–Trinajstić information content (AvgIpc) is 2.49. The van der Waals surface area contributed by atoms with E-state index >= 15 is 0 Å². The van der Waals surface area contributed by atoms with E-state index < -0.39 is 5.97 Å². The highest BCUT2D eigenvalue weighted by Crippen LogP contribution is 2.29. The Labute approximate surface area is 140 Å². The van der Waals surface area contributed by atoms with Crippen LogP contribution in [0.2, 0.25) is 5.28 Å². The van der Waals surface area contributed by atoms with Crippen LogP contribution in [0.3, 0.4) is 0 Å². The average molecular weight is 335 g/mol. The van der Waals surface area contributed by atoms with Gasteiger partial charge in [0.2, 0.25) is 5.28 Å². The van der Waals surface area contributed by atoms with Gasteiger partial charge in [0.15, 0.2) is 0 Å². The minimum absolute atomic E-state index is 0.0492. The van der Waals surface area contributed by atoms with Gasteiger partial charge in [-0.15, -0.1) is 0 Å². The van der Waals surface area contributed by atoms with Crippen LogP contribution in [0.4, 0.5) is 11.5 Å². The van der Waals surface area contributed by atoms with Crippen LogP contribution >= 0.6 is 11.6 Å². The quantitative estimate of drug-likeness (QED) is 0.660. The number of carbonyl (C=O) groups is 1. The molecule has 0 aromatic carbocycles. The number of pyridine rings is 1. The first-order valence-electron chi connectivity index (χ1n) is 7.36. The molecule has 2 rings (SSSR count). The van der Waals surface area contributed by atoms with Gasteiger partial charge in [-0.3, -0.25) is 4.98 Å². The Hall–Kier alpha value is -2.21. The number of anilines is 2. The fraction of sp³-hybridized carbons (Fsp3) is 0.375. The molecule has 0 bridgehead atoms. The molecule has 23 heavy (non-hydrogen) atoms. The van der Waals surface area contributed by atoms with Crippen molar-refractivity contribution in [3.05, 3.63) is 40.6 Å². The summed E-state index contributed by atoms with van der Waals surface area (Å²) in [5.74, 6) is 0.0153. The summed E-state index contributed by atoms with van der Waals surface area (Å²) in [4.78, 5) is 24.5. The topological polar surface area (TPSA) is 77.0 Å².